The van der Waals surface area contributed by atoms with E-state index >= 15 is 0 Å². The van der Waals surface area contributed by atoms with Gasteiger partial charge in [0.25, 0.3) is 0 Å². The van der Waals surface area contributed by atoms with Crippen LogP contribution in [0.25, 0.3) is 0 Å². The fourth-order valence-corrected chi connectivity index (χ4v) is 3.17. The maximum atomic E-state index is 5.84. The molecule has 0 bridgehead atoms. The summed E-state index contributed by atoms with van der Waals surface area (Å²) in [6.07, 6.45) is 5.20. The van der Waals surface area contributed by atoms with Gasteiger partial charge in [-0.15, -0.1) is 0 Å². The van der Waals surface area contributed by atoms with Crippen LogP contribution in [0.15, 0.2) is 40.5 Å². The van der Waals surface area contributed by atoms with Gasteiger partial charge in [0.2, 0.25) is 0 Å². The minimum atomic E-state index is 0.490. The fraction of sp³-hybridized carbons (Fsp3) is 0.231. The molecule has 1 aliphatic carbocycles. The number of fused-ring (bicyclic) bond motifs is 1. The van der Waals surface area contributed by atoms with Gasteiger partial charge in [0, 0.05) is 11.0 Å². The van der Waals surface area contributed by atoms with Crippen LogP contribution >= 0.6 is 23.4 Å². The predicted molar refractivity (Wildman–Crippen MR) is 69.6 cm³/mol. The summed E-state index contributed by atoms with van der Waals surface area (Å²) in [7, 11) is 0. The van der Waals surface area contributed by atoms with Crippen molar-refractivity contribution in [3.8, 4) is 0 Å². The molecule has 4 heteroatoms. The zero-order valence-corrected chi connectivity index (χ0v) is 10.8. The van der Waals surface area contributed by atoms with Crippen LogP contribution in [0.4, 0.5) is 0 Å². The third-order valence-corrected chi connectivity index (χ3v) is 4.03. The first-order valence-corrected chi connectivity index (χ1v) is 6.78. The Morgan fingerprint density at radius 2 is 1.94 bits per heavy atom. The number of aryl methyl sites for hydroxylation is 2. The van der Waals surface area contributed by atoms with Gasteiger partial charge in [-0.2, -0.15) is 0 Å². The lowest BCUT2D eigenvalue weighted by Gasteiger charge is -2.04. The SMILES string of the molecule is Clc1cc(Sc2ccc3c(c2)CCC3)ncn1. The van der Waals surface area contributed by atoms with Gasteiger partial charge in [0.1, 0.15) is 16.5 Å². The Morgan fingerprint density at radius 3 is 2.82 bits per heavy atom. The van der Waals surface area contributed by atoms with Crippen molar-refractivity contribution in [2.45, 2.75) is 29.2 Å². The van der Waals surface area contributed by atoms with E-state index in [1.807, 2.05) is 0 Å². The monoisotopic (exact) mass is 262 g/mol. The second-order valence-electron chi connectivity index (χ2n) is 4.07. The number of hydrogen-bond donors (Lipinski definition) is 0. The summed E-state index contributed by atoms with van der Waals surface area (Å²) in [6, 6.07) is 8.45. The molecule has 0 aliphatic heterocycles. The van der Waals surface area contributed by atoms with Gasteiger partial charge >= 0.3 is 0 Å². The highest BCUT2D eigenvalue weighted by Gasteiger charge is 2.11. The summed E-state index contributed by atoms with van der Waals surface area (Å²) < 4.78 is 0. The second-order valence-corrected chi connectivity index (χ2v) is 5.55. The van der Waals surface area contributed by atoms with E-state index in [4.69, 9.17) is 11.6 Å². The van der Waals surface area contributed by atoms with Crippen LogP contribution in [0.3, 0.4) is 0 Å². The molecule has 0 saturated carbocycles. The van der Waals surface area contributed by atoms with Gasteiger partial charge in [-0.3, -0.25) is 0 Å². The standard InChI is InChI=1S/C13H11ClN2S/c14-12-7-13(16-8-15-12)17-11-5-4-9-2-1-3-10(9)6-11/h4-8H,1-3H2. The van der Waals surface area contributed by atoms with Crippen molar-refractivity contribution < 1.29 is 0 Å². The van der Waals surface area contributed by atoms with Gasteiger partial charge in [0.15, 0.2) is 0 Å². The molecule has 86 valence electrons. The summed E-state index contributed by atoms with van der Waals surface area (Å²) in [5.41, 5.74) is 2.98. The molecule has 0 amide bonds. The average Bonchev–Trinajstić information content (AvgIpc) is 2.76. The molecule has 2 nitrogen and oxygen atoms in total. The highest BCUT2D eigenvalue weighted by molar-refractivity contribution is 7.99. The fourth-order valence-electron chi connectivity index (χ4n) is 2.11. The van der Waals surface area contributed by atoms with Crippen LogP contribution in [0.1, 0.15) is 17.5 Å². The Hall–Kier alpha value is -1.06. The molecule has 0 fully saturated rings. The second kappa shape index (κ2) is 4.67. The smallest absolute Gasteiger partial charge is 0.133 e. The molecule has 1 heterocycles. The molecule has 0 atom stereocenters. The molecule has 3 rings (SSSR count). The highest BCUT2D eigenvalue weighted by atomic mass is 35.5. The van der Waals surface area contributed by atoms with E-state index in [2.05, 4.69) is 28.2 Å². The lowest BCUT2D eigenvalue weighted by atomic mass is 10.1. The van der Waals surface area contributed by atoms with Gasteiger partial charge in [-0.25, -0.2) is 9.97 Å². The van der Waals surface area contributed by atoms with E-state index in [0.717, 1.165) is 5.03 Å². The first-order valence-electron chi connectivity index (χ1n) is 5.58. The molecule has 0 spiro atoms. The Morgan fingerprint density at radius 1 is 1.06 bits per heavy atom. The number of aromatic nitrogens is 2. The van der Waals surface area contributed by atoms with Crippen LogP contribution in [0.2, 0.25) is 5.15 Å². The maximum absolute atomic E-state index is 5.84. The molecular weight excluding hydrogens is 252 g/mol. The Bertz CT molecular complexity index is 557. The third-order valence-electron chi connectivity index (χ3n) is 2.90. The zero-order chi connectivity index (χ0) is 11.7. The molecule has 0 saturated heterocycles. The van der Waals surface area contributed by atoms with E-state index in [1.54, 1.807) is 17.8 Å². The van der Waals surface area contributed by atoms with Gasteiger partial charge in [0.05, 0.1) is 0 Å². The van der Waals surface area contributed by atoms with Crippen molar-refractivity contribution in [3.63, 3.8) is 0 Å². The van der Waals surface area contributed by atoms with Crippen molar-refractivity contribution in [1.29, 1.82) is 0 Å². The molecule has 0 N–H and O–H groups in total. The van der Waals surface area contributed by atoms with E-state index in [0.29, 0.717) is 5.15 Å². The van der Waals surface area contributed by atoms with Crippen LogP contribution in [-0.2, 0) is 12.8 Å². The van der Waals surface area contributed by atoms with Crippen LogP contribution in [-0.4, -0.2) is 9.97 Å². The minimum Gasteiger partial charge on any atom is -0.230 e. The minimum absolute atomic E-state index is 0.490. The Balaban J connectivity index is 1.86. The van der Waals surface area contributed by atoms with E-state index in [9.17, 15) is 0 Å². The maximum Gasteiger partial charge on any atom is 0.133 e. The lowest BCUT2D eigenvalue weighted by molar-refractivity contribution is 0.911. The van der Waals surface area contributed by atoms with Crippen molar-refractivity contribution in [1.82, 2.24) is 9.97 Å². The Labute approximate surface area is 109 Å². The largest absolute Gasteiger partial charge is 0.230 e. The molecule has 1 aliphatic rings. The Kier molecular flexibility index (Phi) is 3.04. The summed E-state index contributed by atoms with van der Waals surface area (Å²) in [5, 5.41) is 1.38. The van der Waals surface area contributed by atoms with E-state index in [1.165, 1.54) is 41.6 Å². The first kappa shape index (κ1) is 11.1. The first-order chi connectivity index (χ1) is 8.31. The van der Waals surface area contributed by atoms with Crippen molar-refractivity contribution in [2.24, 2.45) is 0 Å². The summed E-state index contributed by atoms with van der Waals surface area (Å²) in [5.74, 6) is 0. The van der Waals surface area contributed by atoms with Crippen LogP contribution < -0.4 is 0 Å². The molecular formula is C13H11ClN2S. The summed E-state index contributed by atoms with van der Waals surface area (Å²) in [4.78, 5) is 9.30. The van der Waals surface area contributed by atoms with E-state index in [-0.39, 0.29) is 0 Å². The van der Waals surface area contributed by atoms with Gasteiger partial charge < -0.3 is 0 Å². The summed E-state index contributed by atoms with van der Waals surface area (Å²) >= 11 is 7.47. The highest BCUT2D eigenvalue weighted by Crippen LogP contribution is 2.31. The molecule has 17 heavy (non-hydrogen) atoms. The van der Waals surface area contributed by atoms with Crippen molar-refractivity contribution in [3.05, 3.63) is 46.9 Å². The molecule has 2 aromatic rings. The number of halogens is 1. The number of hydrogen-bond acceptors (Lipinski definition) is 3. The normalized spacial score (nSPS) is 13.7. The third kappa shape index (κ3) is 2.45. The lowest BCUT2D eigenvalue weighted by Crippen LogP contribution is -1.85. The van der Waals surface area contributed by atoms with Gasteiger partial charge in [-0.1, -0.05) is 29.4 Å². The average molecular weight is 263 g/mol. The van der Waals surface area contributed by atoms with Gasteiger partial charge in [-0.05, 0) is 42.5 Å². The van der Waals surface area contributed by atoms with Crippen LogP contribution in [0, 0.1) is 0 Å². The quantitative estimate of drug-likeness (QED) is 0.771. The number of benzene rings is 1. The predicted octanol–water partition coefficient (Wildman–Crippen LogP) is 3.77. The topological polar surface area (TPSA) is 25.8 Å². The number of nitrogens with zero attached hydrogens (tertiary/aromatic N) is 2. The molecule has 0 unspecified atom stereocenters. The van der Waals surface area contributed by atoms with Crippen molar-refractivity contribution >= 4 is 23.4 Å². The van der Waals surface area contributed by atoms with Crippen LogP contribution in [0.5, 0.6) is 0 Å². The summed E-state index contributed by atoms with van der Waals surface area (Å²) in [6.45, 7) is 0. The van der Waals surface area contributed by atoms with Crippen molar-refractivity contribution in [2.75, 3.05) is 0 Å². The zero-order valence-electron chi connectivity index (χ0n) is 9.19. The van der Waals surface area contributed by atoms with E-state index < -0.39 is 0 Å². The molecule has 1 aromatic carbocycles. The number of rotatable bonds is 2. The molecule has 0 radical (unpaired) electrons. The molecule has 1 aromatic heterocycles.